The van der Waals surface area contributed by atoms with E-state index in [9.17, 15) is 13.2 Å². The van der Waals surface area contributed by atoms with E-state index in [-0.39, 0.29) is 17.4 Å². The van der Waals surface area contributed by atoms with Gasteiger partial charge >= 0.3 is 0 Å². The molecule has 9 heteroatoms. The lowest BCUT2D eigenvalue weighted by Gasteiger charge is -2.11. The molecule has 4 rings (SSSR count). The molecule has 0 atom stereocenters. The summed E-state index contributed by atoms with van der Waals surface area (Å²) in [7, 11) is -3.79. The Balaban J connectivity index is 1.26. The van der Waals surface area contributed by atoms with Crippen molar-refractivity contribution in [2.75, 3.05) is 23.3 Å². The molecule has 0 saturated carbocycles. The predicted octanol–water partition coefficient (Wildman–Crippen LogP) is 5.70. The van der Waals surface area contributed by atoms with Crippen LogP contribution in [0.15, 0.2) is 108 Å². The minimum Gasteiger partial charge on any atom is -0.494 e. The third kappa shape index (κ3) is 7.49. The first kappa shape index (κ1) is 25.6. The third-order valence-electron chi connectivity index (χ3n) is 5.04. The van der Waals surface area contributed by atoms with E-state index >= 15 is 0 Å². The van der Waals surface area contributed by atoms with Crippen molar-refractivity contribution in [3.05, 3.63) is 103 Å². The average Bonchev–Trinajstić information content (AvgIpc) is 2.91. The Morgan fingerprint density at radius 3 is 1.86 bits per heavy atom. The number of rotatable bonds is 11. The van der Waals surface area contributed by atoms with Gasteiger partial charge < -0.3 is 19.5 Å². The molecule has 0 aliphatic carbocycles. The lowest BCUT2D eigenvalue weighted by atomic mass is 10.3. The van der Waals surface area contributed by atoms with Gasteiger partial charge in [-0.2, -0.15) is 0 Å². The average molecular weight is 519 g/mol. The summed E-state index contributed by atoms with van der Waals surface area (Å²) in [6, 6.07) is 28.8. The van der Waals surface area contributed by atoms with Crippen LogP contribution < -0.4 is 24.2 Å². The lowest BCUT2D eigenvalue weighted by Crippen LogP contribution is -2.20. The SMILES string of the molecule is CCOc1ccc(NS(=O)(=O)c2ccc(OCC(=O)Nc3ccc(Oc4ccccc4)cc3)cc2)cc1. The van der Waals surface area contributed by atoms with Gasteiger partial charge in [-0.3, -0.25) is 9.52 Å². The lowest BCUT2D eigenvalue weighted by molar-refractivity contribution is -0.118. The highest BCUT2D eigenvalue weighted by molar-refractivity contribution is 7.92. The van der Waals surface area contributed by atoms with Gasteiger partial charge in [0.2, 0.25) is 0 Å². The Hall–Kier alpha value is -4.50. The van der Waals surface area contributed by atoms with Crippen LogP contribution in [0.25, 0.3) is 0 Å². The second-order valence-electron chi connectivity index (χ2n) is 7.81. The minimum absolute atomic E-state index is 0.0657. The highest BCUT2D eigenvalue weighted by Gasteiger charge is 2.15. The number of para-hydroxylation sites is 1. The number of hydrogen-bond donors (Lipinski definition) is 2. The van der Waals surface area contributed by atoms with Crippen LogP contribution >= 0.6 is 0 Å². The molecule has 0 aromatic heterocycles. The van der Waals surface area contributed by atoms with Gasteiger partial charge in [0.15, 0.2) is 6.61 Å². The summed E-state index contributed by atoms with van der Waals surface area (Å²) in [6.07, 6.45) is 0. The van der Waals surface area contributed by atoms with E-state index in [1.54, 1.807) is 48.5 Å². The van der Waals surface area contributed by atoms with Crippen molar-refractivity contribution < 1.29 is 27.4 Å². The molecule has 0 heterocycles. The Morgan fingerprint density at radius 2 is 1.22 bits per heavy atom. The van der Waals surface area contributed by atoms with Crippen LogP contribution in [-0.2, 0) is 14.8 Å². The van der Waals surface area contributed by atoms with E-state index in [1.165, 1.54) is 24.3 Å². The summed E-state index contributed by atoms with van der Waals surface area (Å²) in [5.74, 6) is 2.03. The number of carbonyl (C=O) groups is 1. The summed E-state index contributed by atoms with van der Waals surface area (Å²) < 4.78 is 44.4. The highest BCUT2D eigenvalue weighted by Crippen LogP contribution is 2.23. The van der Waals surface area contributed by atoms with Crippen LogP contribution in [0.5, 0.6) is 23.0 Å². The first-order chi connectivity index (χ1) is 17.9. The van der Waals surface area contributed by atoms with Crippen molar-refractivity contribution >= 4 is 27.3 Å². The van der Waals surface area contributed by atoms with Gasteiger partial charge in [0.25, 0.3) is 15.9 Å². The Bertz CT molecular complexity index is 1410. The molecule has 1 amide bonds. The zero-order chi connectivity index (χ0) is 26.1. The maximum Gasteiger partial charge on any atom is 0.262 e. The molecule has 0 aliphatic heterocycles. The van der Waals surface area contributed by atoms with Crippen LogP contribution in [0.1, 0.15) is 6.92 Å². The second kappa shape index (κ2) is 12.0. The maximum absolute atomic E-state index is 12.7. The molecule has 0 radical (unpaired) electrons. The highest BCUT2D eigenvalue weighted by atomic mass is 32.2. The molecule has 0 spiro atoms. The largest absolute Gasteiger partial charge is 0.494 e. The normalized spacial score (nSPS) is 10.8. The fourth-order valence-electron chi connectivity index (χ4n) is 3.29. The summed E-state index contributed by atoms with van der Waals surface area (Å²) in [5.41, 5.74) is 1.01. The third-order valence-corrected chi connectivity index (χ3v) is 6.44. The number of anilines is 2. The number of nitrogens with one attached hydrogen (secondary N) is 2. The molecular formula is C28H26N2O6S. The van der Waals surface area contributed by atoms with Gasteiger partial charge in [0, 0.05) is 11.4 Å². The van der Waals surface area contributed by atoms with Crippen LogP contribution in [0.4, 0.5) is 11.4 Å². The number of benzene rings is 4. The van der Waals surface area contributed by atoms with Crippen molar-refractivity contribution in [2.45, 2.75) is 11.8 Å². The summed E-state index contributed by atoms with van der Waals surface area (Å²) in [6.45, 7) is 2.16. The molecule has 0 fully saturated rings. The van der Waals surface area contributed by atoms with Crippen molar-refractivity contribution in [2.24, 2.45) is 0 Å². The maximum atomic E-state index is 12.7. The van der Waals surface area contributed by atoms with Crippen molar-refractivity contribution in [1.29, 1.82) is 0 Å². The van der Waals surface area contributed by atoms with E-state index in [1.807, 2.05) is 37.3 Å². The second-order valence-corrected chi connectivity index (χ2v) is 9.49. The number of ether oxygens (including phenoxy) is 3. The number of amides is 1. The molecule has 4 aromatic carbocycles. The standard InChI is InChI=1S/C28H26N2O6S/c1-2-34-23-12-10-22(11-13-23)30-37(32,33)27-18-16-24(17-19-27)35-20-28(31)29-21-8-14-26(15-9-21)36-25-6-4-3-5-7-25/h3-19,30H,2,20H2,1H3,(H,29,31). The van der Waals surface area contributed by atoms with Crippen molar-refractivity contribution in [1.82, 2.24) is 0 Å². The van der Waals surface area contributed by atoms with E-state index in [0.717, 1.165) is 5.75 Å². The Kier molecular flexibility index (Phi) is 8.27. The molecule has 4 aromatic rings. The molecule has 8 nitrogen and oxygen atoms in total. The number of carbonyl (C=O) groups excluding carboxylic acids is 1. The number of hydrogen-bond acceptors (Lipinski definition) is 6. The van der Waals surface area contributed by atoms with E-state index < -0.39 is 10.0 Å². The summed E-state index contributed by atoms with van der Waals surface area (Å²) >= 11 is 0. The molecule has 0 aliphatic rings. The molecule has 0 bridgehead atoms. The molecule has 0 unspecified atom stereocenters. The first-order valence-electron chi connectivity index (χ1n) is 11.5. The molecular weight excluding hydrogens is 492 g/mol. The minimum atomic E-state index is -3.79. The predicted molar refractivity (Wildman–Crippen MR) is 142 cm³/mol. The van der Waals surface area contributed by atoms with Crippen LogP contribution in [0.3, 0.4) is 0 Å². The van der Waals surface area contributed by atoms with E-state index in [4.69, 9.17) is 14.2 Å². The van der Waals surface area contributed by atoms with Crippen LogP contribution in [0, 0.1) is 0 Å². The zero-order valence-electron chi connectivity index (χ0n) is 20.1. The first-order valence-corrected chi connectivity index (χ1v) is 13.0. The monoisotopic (exact) mass is 518 g/mol. The van der Waals surface area contributed by atoms with Gasteiger partial charge in [-0.1, -0.05) is 18.2 Å². The number of sulfonamides is 1. The van der Waals surface area contributed by atoms with Gasteiger partial charge in [-0.25, -0.2) is 8.42 Å². The van der Waals surface area contributed by atoms with Gasteiger partial charge in [-0.05, 0) is 91.9 Å². The fourth-order valence-corrected chi connectivity index (χ4v) is 4.35. The van der Waals surface area contributed by atoms with E-state index in [0.29, 0.717) is 35.2 Å². The quantitative estimate of drug-likeness (QED) is 0.264. The summed E-state index contributed by atoms with van der Waals surface area (Å²) in [5, 5.41) is 2.74. The van der Waals surface area contributed by atoms with Crippen LogP contribution in [-0.4, -0.2) is 27.5 Å². The van der Waals surface area contributed by atoms with E-state index in [2.05, 4.69) is 10.0 Å². The molecule has 190 valence electrons. The van der Waals surface area contributed by atoms with Gasteiger partial charge in [-0.15, -0.1) is 0 Å². The fraction of sp³-hybridized carbons (Fsp3) is 0.107. The summed E-state index contributed by atoms with van der Waals surface area (Å²) in [4.78, 5) is 12.3. The zero-order valence-corrected chi connectivity index (χ0v) is 20.9. The Labute approximate surface area is 215 Å². The van der Waals surface area contributed by atoms with Crippen molar-refractivity contribution in [3.8, 4) is 23.0 Å². The molecule has 37 heavy (non-hydrogen) atoms. The van der Waals surface area contributed by atoms with Gasteiger partial charge in [0.1, 0.15) is 23.0 Å². The smallest absolute Gasteiger partial charge is 0.262 e. The van der Waals surface area contributed by atoms with Crippen molar-refractivity contribution in [3.63, 3.8) is 0 Å². The Morgan fingerprint density at radius 1 is 0.676 bits per heavy atom. The topological polar surface area (TPSA) is 103 Å². The van der Waals surface area contributed by atoms with Crippen LogP contribution in [0.2, 0.25) is 0 Å². The molecule has 2 N–H and O–H groups in total. The molecule has 0 saturated heterocycles. The van der Waals surface area contributed by atoms with Gasteiger partial charge in [0.05, 0.1) is 11.5 Å².